The fourth-order valence-corrected chi connectivity index (χ4v) is 2.59. The Balaban J connectivity index is 2.01. The number of aryl methyl sites for hydroxylation is 1. The Hall–Kier alpha value is -3.03. The largest absolute Gasteiger partial charge is 0.482 e. The predicted octanol–water partition coefficient (Wildman–Crippen LogP) is 4.29. The average molecular weight is 395 g/mol. The number of amides is 1. The van der Waals surface area contributed by atoms with E-state index in [0.717, 1.165) is 12.1 Å². The van der Waals surface area contributed by atoms with Crippen molar-refractivity contribution >= 4 is 17.6 Å². The van der Waals surface area contributed by atoms with Crippen molar-refractivity contribution in [3.63, 3.8) is 0 Å². The van der Waals surface area contributed by atoms with Crippen LogP contribution in [0.15, 0.2) is 42.5 Å². The van der Waals surface area contributed by atoms with Crippen LogP contribution in [0.3, 0.4) is 0 Å². The number of aliphatic carboxylic acids is 1. The molecule has 5 nitrogen and oxygen atoms in total. The van der Waals surface area contributed by atoms with Crippen LogP contribution in [0.1, 0.15) is 23.6 Å². The van der Waals surface area contributed by atoms with E-state index in [0.29, 0.717) is 22.6 Å². The van der Waals surface area contributed by atoms with Crippen molar-refractivity contribution < 1.29 is 32.6 Å². The summed E-state index contributed by atoms with van der Waals surface area (Å²) >= 11 is 0. The average Bonchev–Trinajstić information content (AvgIpc) is 2.61. The van der Waals surface area contributed by atoms with E-state index in [9.17, 15) is 22.8 Å². The van der Waals surface area contributed by atoms with Crippen molar-refractivity contribution in [2.24, 2.45) is 5.92 Å². The molecule has 0 aliphatic heterocycles. The molecule has 0 aliphatic rings. The maximum Gasteiger partial charge on any atom is 0.416 e. The maximum absolute atomic E-state index is 12.8. The summed E-state index contributed by atoms with van der Waals surface area (Å²) in [6.45, 7) is 2.88. The van der Waals surface area contributed by atoms with Crippen molar-refractivity contribution in [3.05, 3.63) is 59.2 Å². The van der Waals surface area contributed by atoms with Gasteiger partial charge in [-0.25, -0.2) is 4.79 Å². The molecule has 0 saturated carbocycles. The molecule has 0 bridgehead atoms. The van der Waals surface area contributed by atoms with E-state index in [1.165, 1.54) is 12.1 Å². The Kier molecular flexibility index (Phi) is 6.66. The fraction of sp³-hybridized carbons (Fsp3) is 0.300. The Labute approximate surface area is 160 Å². The molecule has 2 rings (SSSR count). The highest BCUT2D eigenvalue weighted by molar-refractivity contribution is 5.93. The first-order valence-electron chi connectivity index (χ1n) is 8.48. The molecule has 1 unspecified atom stereocenters. The Bertz CT molecular complexity index is 865. The molecule has 2 aromatic carbocycles. The quantitative estimate of drug-likeness (QED) is 0.733. The summed E-state index contributed by atoms with van der Waals surface area (Å²) < 4.78 is 43.5. The number of carboxylic acids is 1. The molecule has 1 amide bonds. The number of anilines is 1. The highest BCUT2D eigenvalue weighted by Crippen LogP contribution is 2.30. The van der Waals surface area contributed by atoms with Gasteiger partial charge in [0.25, 0.3) is 0 Å². The first-order chi connectivity index (χ1) is 13.1. The fourth-order valence-electron chi connectivity index (χ4n) is 2.59. The molecule has 8 heteroatoms. The van der Waals surface area contributed by atoms with Crippen molar-refractivity contribution in [2.45, 2.75) is 26.4 Å². The van der Waals surface area contributed by atoms with Gasteiger partial charge in [0.15, 0.2) is 6.61 Å². The molecule has 0 heterocycles. The van der Waals surface area contributed by atoms with Gasteiger partial charge in [0.2, 0.25) is 5.91 Å². The SMILES string of the molecule is Cc1cc(OCC(=O)O)ccc1NC(=O)C(C)Cc1cccc(C(F)(F)F)c1. The molecule has 28 heavy (non-hydrogen) atoms. The first-order valence-corrected chi connectivity index (χ1v) is 8.48. The number of carbonyl (C=O) groups is 2. The summed E-state index contributed by atoms with van der Waals surface area (Å²) in [6.07, 6.45) is -4.27. The molecule has 0 radical (unpaired) electrons. The Morgan fingerprint density at radius 3 is 2.50 bits per heavy atom. The third kappa shape index (κ3) is 6.00. The third-order valence-electron chi connectivity index (χ3n) is 4.06. The van der Waals surface area contributed by atoms with Gasteiger partial charge in [0, 0.05) is 11.6 Å². The minimum absolute atomic E-state index is 0.161. The summed E-state index contributed by atoms with van der Waals surface area (Å²) in [4.78, 5) is 22.9. The summed E-state index contributed by atoms with van der Waals surface area (Å²) in [6, 6.07) is 9.62. The lowest BCUT2D eigenvalue weighted by Crippen LogP contribution is -2.22. The van der Waals surface area contributed by atoms with Gasteiger partial charge in [0.1, 0.15) is 5.75 Å². The lowest BCUT2D eigenvalue weighted by Gasteiger charge is -2.15. The second-order valence-corrected chi connectivity index (χ2v) is 6.45. The van der Waals surface area contributed by atoms with E-state index in [1.807, 2.05) is 0 Å². The van der Waals surface area contributed by atoms with E-state index in [1.54, 1.807) is 32.0 Å². The molecule has 0 fully saturated rings. The van der Waals surface area contributed by atoms with Crippen LogP contribution in [0.25, 0.3) is 0 Å². The van der Waals surface area contributed by atoms with Crippen LogP contribution < -0.4 is 10.1 Å². The van der Waals surface area contributed by atoms with Crippen LogP contribution in [0.5, 0.6) is 5.75 Å². The van der Waals surface area contributed by atoms with E-state index in [4.69, 9.17) is 9.84 Å². The standard InChI is InChI=1S/C20H20F3NO4/c1-12-9-16(28-11-18(25)26)6-7-17(12)24-19(27)13(2)8-14-4-3-5-15(10-14)20(21,22)23/h3-7,9-10,13H,8,11H2,1-2H3,(H,24,27)(H,25,26). The smallest absolute Gasteiger partial charge is 0.416 e. The molecule has 0 saturated heterocycles. The number of hydrogen-bond donors (Lipinski definition) is 2. The van der Waals surface area contributed by atoms with Gasteiger partial charge in [-0.2, -0.15) is 13.2 Å². The number of ether oxygens (including phenoxy) is 1. The number of benzene rings is 2. The number of hydrogen-bond acceptors (Lipinski definition) is 3. The first kappa shape index (κ1) is 21.3. The minimum atomic E-state index is -4.43. The zero-order chi connectivity index (χ0) is 20.9. The van der Waals surface area contributed by atoms with Crippen molar-refractivity contribution in [2.75, 3.05) is 11.9 Å². The van der Waals surface area contributed by atoms with Gasteiger partial charge in [-0.1, -0.05) is 25.1 Å². The van der Waals surface area contributed by atoms with Crippen LogP contribution in [-0.2, 0) is 22.2 Å². The molecular weight excluding hydrogens is 375 g/mol. The lowest BCUT2D eigenvalue weighted by atomic mass is 9.98. The zero-order valence-electron chi connectivity index (χ0n) is 15.3. The second kappa shape index (κ2) is 8.77. The molecule has 2 aromatic rings. The summed E-state index contributed by atoms with van der Waals surface area (Å²) in [5.74, 6) is -1.63. The predicted molar refractivity (Wildman–Crippen MR) is 97.3 cm³/mol. The van der Waals surface area contributed by atoms with E-state index in [-0.39, 0.29) is 12.3 Å². The van der Waals surface area contributed by atoms with Crippen molar-refractivity contribution in [3.8, 4) is 5.75 Å². The molecule has 2 N–H and O–H groups in total. The van der Waals surface area contributed by atoms with Gasteiger partial charge >= 0.3 is 12.1 Å². The summed E-state index contributed by atoms with van der Waals surface area (Å²) in [5, 5.41) is 11.4. The summed E-state index contributed by atoms with van der Waals surface area (Å²) in [7, 11) is 0. The molecule has 1 atom stereocenters. The Morgan fingerprint density at radius 2 is 1.89 bits per heavy atom. The number of alkyl halides is 3. The number of halogens is 3. The monoisotopic (exact) mass is 395 g/mol. The maximum atomic E-state index is 12.8. The minimum Gasteiger partial charge on any atom is -0.482 e. The van der Waals surface area contributed by atoms with Crippen LogP contribution >= 0.6 is 0 Å². The molecular formula is C20H20F3NO4. The zero-order valence-corrected chi connectivity index (χ0v) is 15.3. The number of carbonyl (C=O) groups excluding carboxylic acids is 1. The highest BCUT2D eigenvalue weighted by Gasteiger charge is 2.30. The summed E-state index contributed by atoms with van der Waals surface area (Å²) in [5.41, 5.74) is 0.864. The lowest BCUT2D eigenvalue weighted by molar-refractivity contribution is -0.139. The van der Waals surface area contributed by atoms with Gasteiger partial charge < -0.3 is 15.2 Å². The van der Waals surface area contributed by atoms with Crippen LogP contribution in [0, 0.1) is 12.8 Å². The topological polar surface area (TPSA) is 75.6 Å². The van der Waals surface area contributed by atoms with E-state index >= 15 is 0 Å². The van der Waals surface area contributed by atoms with Gasteiger partial charge in [0.05, 0.1) is 5.56 Å². The molecule has 0 aromatic heterocycles. The van der Waals surface area contributed by atoms with Crippen LogP contribution in [-0.4, -0.2) is 23.6 Å². The van der Waals surface area contributed by atoms with E-state index < -0.39 is 30.2 Å². The van der Waals surface area contributed by atoms with Gasteiger partial charge in [-0.15, -0.1) is 0 Å². The number of carboxylic acid groups (broad SMARTS) is 1. The second-order valence-electron chi connectivity index (χ2n) is 6.45. The number of nitrogens with one attached hydrogen (secondary N) is 1. The number of rotatable bonds is 7. The molecule has 0 spiro atoms. The Morgan fingerprint density at radius 1 is 1.18 bits per heavy atom. The van der Waals surface area contributed by atoms with Crippen LogP contribution in [0.2, 0.25) is 0 Å². The third-order valence-corrected chi connectivity index (χ3v) is 4.06. The highest BCUT2D eigenvalue weighted by atomic mass is 19.4. The van der Waals surface area contributed by atoms with E-state index in [2.05, 4.69) is 5.32 Å². The van der Waals surface area contributed by atoms with Gasteiger partial charge in [-0.3, -0.25) is 4.79 Å². The molecule has 150 valence electrons. The van der Waals surface area contributed by atoms with Gasteiger partial charge in [-0.05, 0) is 48.7 Å². The normalized spacial score (nSPS) is 12.3. The van der Waals surface area contributed by atoms with Crippen molar-refractivity contribution in [1.29, 1.82) is 0 Å². The molecule has 0 aliphatic carbocycles. The van der Waals surface area contributed by atoms with Crippen molar-refractivity contribution in [1.82, 2.24) is 0 Å². The van der Waals surface area contributed by atoms with Crippen LogP contribution in [0.4, 0.5) is 18.9 Å².